The van der Waals surface area contributed by atoms with Gasteiger partial charge in [-0.15, -0.1) is 0 Å². The van der Waals surface area contributed by atoms with E-state index >= 15 is 0 Å². The van der Waals surface area contributed by atoms with Crippen molar-refractivity contribution in [2.24, 2.45) is 0 Å². The molecule has 2 aromatic heterocycles. The summed E-state index contributed by atoms with van der Waals surface area (Å²) >= 11 is 0. The molecule has 1 aliphatic heterocycles. The lowest BCUT2D eigenvalue weighted by Crippen LogP contribution is -2.05. The summed E-state index contributed by atoms with van der Waals surface area (Å²) in [5.74, 6) is 1.16. The summed E-state index contributed by atoms with van der Waals surface area (Å²) in [5.41, 5.74) is 3.68. The van der Waals surface area contributed by atoms with Crippen molar-refractivity contribution in [1.29, 1.82) is 0 Å². The van der Waals surface area contributed by atoms with Crippen molar-refractivity contribution >= 4 is 22.5 Å². The van der Waals surface area contributed by atoms with Crippen LogP contribution in [0.4, 0.5) is 20.4 Å². The molecule has 0 aliphatic carbocycles. The van der Waals surface area contributed by atoms with E-state index in [1.165, 1.54) is 12.1 Å². The summed E-state index contributed by atoms with van der Waals surface area (Å²) in [7, 11) is 0. The lowest BCUT2D eigenvalue weighted by Gasteiger charge is -2.12. The zero-order chi connectivity index (χ0) is 19.1. The smallest absolute Gasteiger partial charge is 0.162 e. The molecule has 0 amide bonds. The van der Waals surface area contributed by atoms with Gasteiger partial charge in [0.15, 0.2) is 11.6 Å². The molecule has 0 atom stereocenters. The van der Waals surface area contributed by atoms with Gasteiger partial charge in [0.2, 0.25) is 0 Å². The van der Waals surface area contributed by atoms with E-state index < -0.39 is 6.67 Å². The van der Waals surface area contributed by atoms with Gasteiger partial charge >= 0.3 is 0 Å². The van der Waals surface area contributed by atoms with E-state index in [2.05, 4.69) is 30.8 Å². The number of rotatable bonds is 4. The average molecular weight is 378 g/mol. The van der Waals surface area contributed by atoms with E-state index in [-0.39, 0.29) is 5.82 Å². The van der Waals surface area contributed by atoms with Gasteiger partial charge in [0.1, 0.15) is 18.3 Å². The molecule has 4 aromatic rings. The van der Waals surface area contributed by atoms with Crippen molar-refractivity contribution in [2.45, 2.75) is 19.8 Å². The number of anilines is 2. The molecule has 6 nitrogen and oxygen atoms in total. The van der Waals surface area contributed by atoms with Gasteiger partial charge in [0.25, 0.3) is 0 Å². The summed E-state index contributed by atoms with van der Waals surface area (Å²) in [6.07, 6.45) is 0. The molecule has 28 heavy (non-hydrogen) atoms. The van der Waals surface area contributed by atoms with Gasteiger partial charge in [-0.1, -0.05) is 24.3 Å². The first kappa shape index (κ1) is 16.8. The van der Waals surface area contributed by atoms with Crippen LogP contribution >= 0.6 is 0 Å². The molecule has 2 aromatic carbocycles. The number of benzene rings is 2. The van der Waals surface area contributed by atoms with Crippen LogP contribution in [-0.4, -0.2) is 20.2 Å². The standard InChI is InChI=1S/C20H16F2N6/c21-8-11-3-1-2-4-13(11)18-24-17-10-23-9-15(17)19(25-18)26-20-14-7-12(22)5-6-16(14)27-28-20/h1-7,23H,8-10H2,(H2,24,25,26,27,28). The lowest BCUT2D eigenvalue weighted by molar-refractivity contribution is 0.486. The summed E-state index contributed by atoms with van der Waals surface area (Å²) in [6.45, 7) is 0.619. The Kier molecular flexibility index (Phi) is 3.98. The van der Waals surface area contributed by atoms with Crippen molar-refractivity contribution in [3.63, 3.8) is 0 Å². The van der Waals surface area contributed by atoms with Crippen molar-refractivity contribution < 1.29 is 8.78 Å². The molecule has 0 bridgehead atoms. The number of nitrogens with zero attached hydrogens (tertiary/aromatic N) is 3. The Balaban J connectivity index is 1.63. The predicted octanol–water partition coefficient (Wildman–Crippen LogP) is 3.98. The van der Waals surface area contributed by atoms with Crippen molar-refractivity contribution in [1.82, 2.24) is 25.5 Å². The van der Waals surface area contributed by atoms with Crippen molar-refractivity contribution in [3.05, 3.63) is 65.1 Å². The molecular formula is C20H16F2N6. The SMILES string of the molecule is FCc1ccccc1-c1nc2c(c(Nc3n[nH]c4ccc(F)cc34)n1)CNC2. The number of hydrogen-bond acceptors (Lipinski definition) is 5. The second-order valence-corrected chi connectivity index (χ2v) is 6.60. The summed E-state index contributed by atoms with van der Waals surface area (Å²) in [6, 6.07) is 11.6. The van der Waals surface area contributed by atoms with Gasteiger partial charge < -0.3 is 10.6 Å². The Morgan fingerprint density at radius 2 is 1.93 bits per heavy atom. The topological polar surface area (TPSA) is 78.5 Å². The van der Waals surface area contributed by atoms with E-state index in [0.29, 0.717) is 47.1 Å². The van der Waals surface area contributed by atoms with Crippen LogP contribution in [0, 0.1) is 5.82 Å². The molecule has 3 heterocycles. The minimum absolute atomic E-state index is 0.343. The van der Waals surface area contributed by atoms with Crippen LogP contribution in [0.25, 0.3) is 22.3 Å². The number of hydrogen-bond donors (Lipinski definition) is 3. The van der Waals surface area contributed by atoms with E-state index in [1.54, 1.807) is 18.2 Å². The van der Waals surface area contributed by atoms with Gasteiger partial charge in [-0.2, -0.15) is 5.10 Å². The zero-order valence-corrected chi connectivity index (χ0v) is 14.8. The molecule has 1 aliphatic rings. The molecule has 140 valence electrons. The second kappa shape index (κ2) is 6.65. The Bertz CT molecular complexity index is 1190. The number of H-pyrrole nitrogens is 1. The molecule has 0 fully saturated rings. The van der Waals surface area contributed by atoms with Gasteiger partial charge in [-0.3, -0.25) is 5.10 Å². The van der Waals surface area contributed by atoms with Crippen LogP contribution in [0.1, 0.15) is 16.8 Å². The fourth-order valence-electron chi connectivity index (χ4n) is 3.44. The van der Waals surface area contributed by atoms with Gasteiger partial charge in [0, 0.05) is 29.6 Å². The van der Waals surface area contributed by atoms with Crippen LogP contribution in [0.15, 0.2) is 42.5 Å². The Morgan fingerprint density at radius 3 is 2.82 bits per heavy atom. The number of nitrogens with one attached hydrogen (secondary N) is 3. The van der Waals surface area contributed by atoms with E-state index in [9.17, 15) is 8.78 Å². The quantitative estimate of drug-likeness (QED) is 0.501. The molecule has 0 saturated carbocycles. The number of aromatic nitrogens is 4. The summed E-state index contributed by atoms with van der Waals surface area (Å²) in [5, 5.41) is 14.2. The average Bonchev–Trinajstić information content (AvgIpc) is 3.35. The van der Waals surface area contributed by atoms with Crippen molar-refractivity contribution in [3.8, 4) is 11.4 Å². The molecular weight excluding hydrogens is 362 g/mol. The normalized spacial score (nSPS) is 13.1. The van der Waals surface area contributed by atoms with E-state index in [0.717, 1.165) is 16.8 Å². The van der Waals surface area contributed by atoms with Crippen LogP contribution < -0.4 is 10.6 Å². The van der Waals surface area contributed by atoms with Gasteiger partial charge in [-0.05, 0) is 23.8 Å². The largest absolute Gasteiger partial charge is 0.323 e. The molecule has 0 unspecified atom stereocenters. The van der Waals surface area contributed by atoms with Crippen LogP contribution in [-0.2, 0) is 19.8 Å². The molecule has 5 rings (SSSR count). The lowest BCUT2D eigenvalue weighted by atomic mass is 10.1. The first-order valence-electron chi connectivity index (χ1n) is 8.88. The highest BCUT2D eigenvalue weighted by Gasteiger charge is 2.21. The first-order chi connectivity index (χ1) is 13.7. The van der Waals surface area contributed by atoms with Crippen LogP contribution in [0.2, 0.25) is 0 Å². The Morgan fingerprint density at radius 1 is 1.04 bits per heavy atom. The Labute approximate surface area is 159 Å². The highest BCUT2D eigenvalue weighted by Crippen LogP contribution is 2.31. The molecule has 3 N–H and O–H groups in total. The first-order valence-corrected chi connectivity index (χ1v) is 8.88. The van der Waals surface area contributed by atoms with E-state index in [1.807, 2.05) is 12.1 Å². The Hall–Kier alpha value is -3.39. The van der Waals surface area contributed by atoms with Crippen LogP contribution in [0.3, 0.4) is 0 Å². The summed E-state index contributed by atoms with van der Waals surface area (Å²) < 4.78 is 27.1. The fourth-order valence-corrected chi connectivity index (χ4v) is 3.44. The van der Waals surface area contributed by atoms with Gasteiger partial charge in [-0.25, -0.2) is 18.7 Å². The summed E-state index contributed by atoms with van der Waals surface area (Å²) in [4.78, 5) is 9.28. The maximum atomic E-state index is 13.7. The highest BCUT2D eigenvalue weighted by atomic mass is 19.1. The third-order valence-corrected chi connectivity index (χ3v) is 4.85. The number of alkyl halides is 1. The maximum absolute atomic E-state index is 13.7. The molecule has 0 saturated heterocycles. The van der Waals surface area contributed by atoms with E-state index in [4.69, 9.17) is 0 Å². The van der Waals surface area contributed by atoms with Crippen LogP contribution in [0.5, 0.6) is 0 Å². The number of fused-ring (bicyclic) bond motifs is 2. The third kappa shape index (κ3) is 2.78. The fraction of sp³-hybridized carbons (Fsp3) is 0.150. The minimum Gasteiger partial charge on any atom is -0.323 e. The highest BCUT2D eigenvalue weighted by molar-refractivity contribution is 5.91. The molecule has 0 spiro atoms. The molecule has 8 heteroatoms. The van der Waals surface area contributed by atoms with Gasteiger partial charge in [0.05, 0.1) is 11.2 Å². The minimum atomic E-state index is -0.596. The predicted molar refractivity (Wildman–Crippen MR) is 102 cm³/mol. The third-order valence-electron chi connectivity index (χ3n) is 4.85. The maximum Gasteiger partial charge on any atom is 0.162 e. The monoisotopic (exact) mass is 378 g/mol. The van der Waals surface area contributed by atoms with Crippen molar-refractivity contribution in [2.75, 3.05) is 5.32 Å². The number of aromatic amines is 1. The second-order valence-electron chi connectivity index (χ2n) is 6.60. The number of halogens is 2. The zero-order valence-electron chi connectivity index (χ0n) is 14.8. The molecule has 0 radical (unpaired) electrons.